The van der Waals surface area contributed by atoms with Gasteiger partial charge in [-0.15, -0.1) is 0 Å². The van der Waals surface area contributed by atoms with Crippen molar-refractivity contribution in [3.05, 3.63) is 29.3 Å². The van der Waals surface area contributed by atoms with Gasteiger partial charge in [0.2, 0.25) is 0 Å². The molecule has 2 heterocycles. The predicted octanol–water partition coefficient (Wildman–Crippen LogP) is 2.48. The Morgan fingerprint density at radius 3 is 2.81 bits per heavy atom. The maximum absolute atomic E-state index is 6.33. The topological polar surface area (TPSA) is 49.3 Å². The summed E-state index contributed by atoms with van der Waals surface area (Å²) in [5.74, 6) is 1.55. The van der Waals surface area contributed by atoms with E-state index in [0.717, 1.165) is 88.7 Å². The Labute approximate surface area is 167 Å². The van der Waals surface area contributed by atoms with Crippen LogP contribution in [-0.2, 0) is 9.47 Å². The number of piperazine rings is 1. The molecular weight excluding hydrogens is 364 g/mol. The SMILES string of the molecule is CN=C(NCCCOCC1CCOC1)N1CCN(c2ccccc2Cl)CC1. The van der Waals surface area contributed by atoms with E-state index in [4.69, 9.17) is 21.1 Å². The molecule has 0 bridgehead atoms. The lowest BCUT2D eigenvalue weighted by Gasteiger charge is -2.38. The predicted molar refractivity (Wildman–Crippen MR) is 111 cm³/mol. The van der Waals surface area contributed by atoms with E-state index >= 15 is 0 Å². The van der Waals surface area contributed by atoms with Crippen LogP contribution in [0.1, 0.15) is 12.8 Å². The first kappa shape index (κ1) is 20.2. The molecule has 2 aliphatic rings. The number of hydrogen-bond donors (Lipinski definition) is 1. The van der Waals surface area contributed by atoms with Gasteiger partial charge in [-0.2, -0.15) is 0 Å². The Hall–Kier alpha value is -1.50. The molecule has 27 heavy (non-hydrogen) atoms. The number of nitrogens with zero attached hydrogens (tertiary/aromatic N) is 3. The van der Waals surface area contributed by atoms with Gasteiger partial charge >= 0.3 is 0 Å². The number of aliphatic imine (C=N–C) groups is 1. The van der Waals surface area contributed by atoms with E-state index in [2.05, 4.69) is 26.2 Å². The smallest absolute Gasteiger partial charge is 0.193 e. The van der Waals surface area contributed by atoms with E-state index < -0.39 is 0 Å². The van der Waals surface area contributed by atoms with Crippen molar-refractivity contribution in [2.75, 3.05) is 71.1 Å². The number of benzene rings is 1. The Kier molecular flexibility index (Phi) is 8.05. The van der Waals surface area contributed by atoms with E-state index in [1.165, 1.54) is 0 Å². The summed E-state index contributed by atoms with van der Waals surface area (Å²) in [4.78, 5) is 9.09. The minimum absolute atomic E-state index is 0.583. The molecule has 0 aliphatic carbocycles. The first-order valence-corrected chi connectivity index (χ1v) is 10.3. The van der Waals surface area contributed by atoms with Crippen molar-refractivity contribution in [1.82, 2.24) is 10.2 Å². The monoisotopic (exact) mass is 394 g/mol. The van der Waals surface area contributed by atoms with Crippen LogP contribution in [0.4, 0.5) is 5.69 Å². The molecule has 0 amide bonds. The van der Waals surface area contributed by atoms with Gasteiger partial charge in [-0.25, -0.2) is 0 Å². The second-order valence-electron chi connectivity index (χ2n) is 7.06. The molecule has 0 spiro atoms. The summed E-state index contributed by atoms with van der Waals surface area (Å²) in [6.07, 6.45) is 2.11. The van der Waals surface area contributed by atoms with E-state index in [1.807, 2.05) is 25.2 Å². The van der Waals surface area contributed by atoms with Crippen molar-refractivity contribution in [2.45, 2.75) is 12.8 Å². The molecule has 6 nitrogen and oxygen atoms in total. The summed E-state index contributed by atoms with van der Waals surface area (Å²) >= 11 is 6.33. The molecule has 1 N–H and O–H groups in total. The van der Waals surface area contributed by atoms with Gasteiger partial charge in [0.05, 0.1) is 23.9 Å². The third-order valence-electron chi connectivity index (χ3n) is 5.11. The average Bonchev–Trinajstić information content (AvgIpc) is 3.22. The molecule has 0 aromatic heterocycles. The first-order chi connectivity index (χ1) is 13.3. The molecule has 1 aromatic rings. The van der Waals surface area contributed by atoms with Gasteiger partial charge in [0.25, 0.3) is 0 Å². The molecule has 1 atom stereocenters. The number of rotatable bonds is 7. The minimum atomic E-state index is 0.583. The van der Waals surface area contributed by atoms with Crippen molar-refractivity contribution in [2.24, 2.45) is 10.9 Å². The number of anilines is 1. The van der Waals surface area contributed by atoms with E-state index in [0.29, 0.717) is 5.92 Å². The molecule has 2 saturated heterocycles. The summed E-state index contributed by atoms with van der Waals surface area (Å²) in [6, 6.07) is 8.04. The first-order valence-electron chi connectivity index (χ1n) is 9.88. The van der Waals surface area contributed by atoms with Crippen LogP contribution in [0.15, 0.2) is 29.3 Å². The molecule has 1 unspecified atom stereocenters. The number of nitrogens with one attached hydrogen (secondary N) is 1. The van der Waals surface area contributed by atoms with Crippen LogP contribution in [0.5, 0.6) is 0 Å². The zero-order chi connectivity index (χ0) is 18.9. The number of halogens is 1. The van der Waals surface area contributed by atoms with E-state index in [9.17, 15) is 0 Å². The van der Waals surface area contributed by atoms with Gasteiger partial charge in [-0.1, -0.05) is 23.7 Å². The standard InChI is InChI=1S/C20H31ClN4O2/c1-22-20(23-8-4-13-26-15-17-7-14-27-16-17)25-11-9-24(10-12-25)19-6-3-2-5-18(19)21/h2-3,5-6,17H,4,7-16H2,1H3,(H,22,23). The van der Waals surface area contributed by atoms with Crippen LogP contribution in [-0.4, -0.2) is 77.1 Å². The lowest BCUT2D eigenvalue weighted by Crippen LogP contribution is -2.52. The highest BCUT2D eigenvalue weighted by Crippen LogP contribution is 2.26. The van der Waals surface area contributed by atoms with Gasteiger partial charge in [0.1, 0.15) is 0 Å². The molecule has 2 aliphatic heterocycles. The summed E-state index contributed by atoms with van der Waals surface area (Å²) in [7, 11) is 1.85. The molecule has 2 fully saturated rings. The van der Waals surface area contributed by atoms with Gasteiger partial charge < -0.3 is 24.6 Å². The normalized spacial score (nSPS) is 21.0. The lowest BCUT2D eigenvalue weighted by atomic mass is 10.1. The summed E-state index contributed by atoms with van der Waals surface area (Å²) in [6.45, 7) is 7.96. The van der Waals surface area contributed by atoms with Gasteiger partial charge in [0.15, 0.2) is 5.96 Å². The molecule has 1 aromatic carbocycles. The largest absolute Gasteiger partial charge is 0.381 e. The van der Waals surface area contributed by atoms with Crippen molar-refractivity contribution in [3.63, 3.8) is 0 Å². The van der Waals surface area contributed by atoms with Gasteiger partial charge in [-0.3, -0.25) is 4.99 Å². The summed E-state index contributed by atoms with van der Waals surface area (Å²) in [5.41, 5.74) is 1.12. The third kappa shape index (κ3) is 5.99. The highest BCUT2D eigenvalue weighted by molar-refractivity contribution is 6.33. The minimum Gasteiger partial charge on any atom is -0.381 e. The Morgan fingerprint density at radius 2 is 2.11 bits per heavy atom. The van der Waals surface area contributed by atoms with Crippen LogP contribution in [0.2, 0.25) is 5.02 Å². The van der Waals surface area contributed by atoms with E-state index in [1.54, 1.807) is 0 Å². The second kappa shape index (κ2) is 10.7. The van der Waals surface area contributed by atoms with Crippen LogP contribution >= 0.6 is 11.6 Å². The Bertz CT molecular complexity index is 599. The van der Waals surface area contributed by atoms with Gasteiger partial charge in [-0.05, 0) is 25.0 Å². The van der Waals surface area contributed by atoms with Crippen molar-refractivity contribution < 1.29 is 9.47 Å². The zero-order valence-corrected chi connectivity index (χ0v) is 17.0. The highest BCUT2D eigenvalue weighted by atomic mass is 35.5. The van der Waals surface area contributed by atoms with Crippen LogP contribution in [0.3, 0.4) is 0 Å². The quantitative estimate of drug-likeness (QED) is 0.437. The number of hydrogen-bond acceptors (Lipinski definition) is 4. The van der Waals surface area contributed by atoms with Crippen molar-refractivity contribution in [3.8, 4) is 0 Å². The fraction of sp³-hybridized carbons (Fsp3) is 0.650. The number of ether oxygens (including phenoxy) is 2. The van der Waals surface area contributed by atoms with Crippen molar-refractivity contribution in [1.29, 1.82) is 0 Å². The second-order valence-corrected chi connectivity index (χ2v) is 7.46. The summed E-state index contributed by atoms with van der Waals surface area (Å²) in [5, 5.41) is 4.28. The van der Waals surface area contributed by atoms with Crippen LogP contribution < -0.4 is 10.2 Å². The maximum atomic E-state index is 6.33. The van der Waals surface area contributed by atoms with E-state index in [-0.39, 0.29) is 0 Å². The number of guanidine groups is 1. The summed E-state index contributed by atoms with van der Waals surface area (Å²) < 4.78 is 11.1. The fourth-order valence-electron chi connectivity index (χ4n) is 3.54. The fourth-order valence-corrected chi connectivity index (χ4v) is 3.79. The lowest BCUT2D eigenvalue weighted by molar-refractivity contribution is 0.0887. The molecule has 0 radical (unpaired) electrons. The Balaban J connectivity index is 1.33. The van der Waals surface area contributed by atoms with Crippen LogP contribution in [0, 0.1) is 5.92 Å². The molecule has 0 saturated carbocycles. The zero-order valence-electron chi connectivity index (χ0n) is 16.2. The van der Waals surface area contributed by atoms with Crippen LogP contribution in [0.25, 0.3) is 0 Å². The molecule has 3 rings (SSSR count). The highest BCUT2D eigenvalue weighted by Gasteiger charge is 2.21. The van der Waals surface area contributed by atoms with Crippen molar-refractivity contribution >= 4 is 23.2 Å². The van der Waals surface area contributed by atoms with Gasteiger partial charge in [0, 0.05) is 58.9 Å². The number of para-hydroxylation sites is 1. The molecular formula is C20H31ClN4O2. The average molecular weight is 395 g/mol. The maximum Gasteiger partial charge on any atom is 0.193 e. The third-order valence-corrected chi connectivity index (χ3v) is 5.43. The Morgan fingerprint density at radius 1 is 1.30 bits per heavy atom. The molecule has 150 valence electrons. The molecule has 7 heteroatoms.